The molecular formula is C10H14KNO7S. The van der Waals surface area contributed by atoms with E-state index < -0.39 is 36.4 Å². The first-order valence-electron chi connectivity index (χ1n) is 4.90. The summed E-state index contributed by atoms with van der Waals surface area (Å²) in [6, 6.07) is 0. The minimum atomic E-state index is -2.74. The van der Waals surface area contributed by atoms with Crippen LogP contribution < -0.4 is 4.72 Å². The molecule has 0 aromatic rings. The molecule has 20 heavy (non-hydrogen) atoms. The van der Waals surface area contributed by atoms with Crippen LogP contribution in [0.1, 0.15) is 12.8 Å². The number of rotatable bonds is 5. The molecule has 0 spiro atoms. The van der Waals surface area contributed by atoms with Gasteiger partial charge in [-0.1, -0.05) is 6.08 Å². The van der Waals surface area contributed by atoms with Gasteiger partial charge in [0.05, 0.1) is 12.8 Å². The molecule has 0 aliphatic carbocycles. The van der Waals surface area contributed by atoms with Gasteiger partial charge in [-0.25, -0.2) is 4.79 Å². The van der Waals surface area contributed by atoms with Gasteiger partial charge in [0.15, 0.2) is 5.60 Å². The summed E-state index contributed by atoms with van der Waals surface area (Å²) in [5.74, 6) is -5.02. The molecule has 1 heterocycles. The Balaban J connectivity index is 0. The number of carbonyl (C=O) groups is 3. The van der Waals surface area contributed by atoms with E-state index in [1.54, 1.807) is 11.9 Å². The Morgan fingerprint density at radius 2 is 1.55 bits per heavy atom. The molecule has 0 bridgehead atoms. The first kappa shape index (κ1) is 21.9. The molecule has 0 aromatic heterocycles. The van der Waals surface area contributed by atoms with E-state index >= 15 is 0 Å². The van der Waals surface area contributed by atoms with Gasteiger partial charge >= 0.3 is 69.3 Å². The van der Waals surface area contributed by atoms with E-state index in [4.69, 9.17) is 20.4 Å². The van der Waals surface area contributed by atoms with E-state index in [1.807, 2.05) is 23.8 Å². The Labute approximate surface area is 161 Å². The van der Waals surface area contributed by atoms with Gasteiger partial charge in [0.1, 0.15) is 0 Å². The number of aliphatic carboxylic acids is 3. The van der Waals surface area contributed by atoms with Crippen molar-refractivity contribution in [1.29, 1.82) is 0 Å². The Kier molecular flexibility index (Phi) is 12.4. The Bertz CT molecular complexity index is 382. The molecule has 1 rings (SSSR count). The molecule has 1 aliphatic rings. The van der Waals surface area contributed by atoms with Gasteiger partial charge < -0.3 is 25.1 Å². The predicted molar refractivity (Wildman–Crippen MR) is 73.2 cm³/mol. The van der Waals surface area contributed by atoms with Gasteiger partial charge in [-0.05, 0) is 23.4 Å². The molecule has 1 aliphatic heterocycles. The van der Waals surface area contributed by atoms with Crippen molar-refractivity contribution in [3.8, 4) is 0 Å². The summed E-state index contributed by atoms with van der Waals surface area (Å²) in [6.45, 7) is 0. The number of allylic oxidation sites excluding steroid dienone is 2. The molecule has 0 unspecified atom stereocenters. The Morgan fingerprint density at radius 1 is 1.05 bits per heavy atom. The molecule has 0 saturated carbocycles. The Morgan fingerprint density at radius 3 is 1.70 bits per heavy atom. The first-order chi connectivity index (χ1) is 8.78. The standard InChI is InChI=1S/C6H8O7.C4H5NS.K.H/c7-3(8)1-6(13,5(11)12)2-4(9)10;1-2-4-6-5-3-1;;/h13H,1-2H2,(H,7,8)(H,9,10)(H,11,12);1-5H;;. The summed E-state index contributed by atoms with van der Waals surface area (Å²) in [5.41, 5.74) is -2.74. The number of nitrogens with one attached hydrogen (secondary N) is 1. The monoisotopic (exact) mass is 331 g/mol. The van der Waals surface area contributed by atoms with Crippen LogP contribution in [-0.4, -0.2) is 95.3 Å². The molecular weight excluding hydrogens is 317 g/mol. The van der Waals surface area contributed by atoms with Crippen LogP contribution in [0.5, 0.6) is 0 Å². The van der Waals surface area contributed by atoms with Crippen molar-refractivity contribution in [3.63, 3.8) is 0 Å². The van der Waals surface area contributed by atoms with Crippen molar-refractivity contribution >= 4 is 81.2 Å². The zero-order valence-electron chi connectivity index (χ0n) is 9.65. The van der Waals surface area contributed by atoms with E-state index in [9.17, 15) is 14.4 Å². The third-order valence-corrected chi connectivity index (χ3v) is 2.34. The van der Waals surface area contributed by atoms with Crippen LogP contribution >= 0.6 is 11.9 Å². The van der Waals surface area contributed by atoms with Crippen molar-refractivity contribution in [2.45, 2.75) is 18.4 Å². The van der Waals surface area contributed by atoms with Crippen LogP contribution in [0, 0.1) is 0 Å². The first-order valence-corrected chi connectivity index (χ1v) is 5.78. The number of aliphatic hydroxyl groups is 1. The van der Waals surface area contributed by atoms with E-state index in [0.29, 0.717) is 0 Å². The van der Waals surface area contributed by atoms with Crippen LogP contribution in [0.3, 0.4) is 0 Å². The van der Waals surface area contributed by atoms with Gasteiger partial charge in [0, 0.05) is 6.20 Å². The van der Waals surface area contributed by atoms with Crippen LogP contribution in [0.2, 0.25) is 0 Å². The summed E-state index contributed by atoms with van der Waals surface area (Å²) >= 11 is 1.58. The molecule has 108 valence electrons. The Hall–Kier alpha value is -0.364. The van der Waals surface area contributed by atoms with E-state index in [0.717, 1.165) is 0 Å². The summed E-state index contributed by atoms with van der Waals surface area (Å²) in [5, 5.41) is 35.8. The van der Waals surface area contributed by atoms with E-state index in [2.05, 4.69) is 4.72 Å². The quantitative estimate of drug-likeness (QED) is 0.328. The molecule has 10 heteroatoms. The molecule has 0 atom stereocenters. The van der Waals surface area contributed by atoms with Crippen LogP contribution in [0.15, 0.2) is 23.8 Å². The van der Waals surface area contributed by atoms with Gasteiger partial charge in [-0.3, -0.25) is 9.59 Å². The van der Waals surface area contributed by atoms with Crippen molar-refractivity contribution in [1.82, 2.24) is 4.72 Å². The van der Waals surface area contributed by atoms with Gasteiger partial charge in [-0.15, -0.1) is 0 Å². The second-order valence-electron chi connectivity index (χ2n) is 3.40. The number of carboxylic acids is 3. The molecule has 5 N–H and O–H groups in total. The predicted octanol–water partition coefficient (Wildman–Crippen LogP) is -0.632. The fourth-order valence-electron chi connectivity index (χ4n) is 0.972. The summed E-state index contributed by atoms with van der Waals surface area (Å²) in [4.78, 5) is 30.5. The zero-order chi connectivity index (χ0) is 14.9. The average molecular weight is 331 g/mol. The second kappa shape index (κ2) is 11.3. The van der Waals surface area contributed by atoms with E-state index in [1.165, 1.54) is 0 Å². The van der Waals surface area contributed by atoms with Crippen LogP contribution in [-0.2, 0) is 14.4 Å². The van der Waals surface area contributed by atoms with Crippen molar-refractivity contribution in [2.75, 3.05) is 0 Å². The summed E-state index contributed by atoms with van der Waals surface area (Å²) in [6.07, 6.45) is 3.55. The van der Waals surface area contributed by atoms with Crippen LogP contribution in [0.25, 0.3) is 0 Å². The fourth-order valence-corrected chi connectivity index (χ4v) is 1.38. The molecule has 0 fully saturated rings. The van der Waals surface area contributed by atoms with Crippen molar-refractivity contribution < 1.29 is 34.8 Å². The SMILES string of the molecule is C1=CNSC=C1.O=C(O)CC(O)(CC(=O)O)C(=O)O.[KH]. The van der Waals surface area contributed by atoms with Gasteiger partial charge in [0.25, 0.3) is 0 Å². The third-order valence-electron chi connectivity index (χ3n) is 1.78. The fraction of sp³-hybridized carbons (Fsp3) is 0.300. The molecule has 0 amide bonds. The third kappa shape index (κ3) is 10.4. The van der Waals surface area contributed by atoms with E-state index in [-0.39, 0.29) is 51.4 Å². The van der Waals surface area contributed by atoms with Crippen LogP contribution in [0.4, 0.5) is 0 Å². The average Bonchev–Trinajstić information content (AvgIpc) is 2.29. The number of carboxylic acid groups (broad SMARTS) is 3. The van der Waals surface area contributed by atoms with Crippen molar-refractivity contribution in [3.05, 3.63) is 23.8 Å². The normalized spacial score (nSPS) is 12.2. The molecule has 8 nitrogen and oxygen atoms in total. The molecule has 0 saturated heterocycles. The summed E-state index contributed by atoms with van der Waals surface area (Å²) < 4.78 is 2.93. The number of hydrogen-bond acceptors (Lipinski definition) is 6. The zero-order valence-corrected chi connectivity index (χ0v) is 10.5. The second-order valence-corrected chi connectivity index (χ2v) is 4.14. The van der Waals surface area contributed by atoms with Gasteiger partial charge in [-0.2, -0.15) is 0 Å². The molecule has 0 aromatic carbocycles. The van der Waals surface area contributed by atoms with Gasteiger partial charge in [0.2, 0.25) is 0 Å². The maximum absolute atomic E-state index is 10.3. The van der Waals surface area contributed by atoms with Crippen molar-refractivity contribution in [2.24, 2.45) is 0 Å². The number of hydrogen-bond donors (Lipinski definition) is 5. The topological polar surface area (TPSA) is 144 Å². The minimum absolute atomic E-state index is 0. The maximum atomic E-state index is 10.3. The summed E-state index contributed by atoms with van der Waals surface area (Å²) in [7, 11) is 0. The molecule has 0 radical (unpaired) electrons.